The van der Waals surface area contributed by atoms with Crippen LogP contribution in [-0.4, -0.2) is 12.1 Å². The first-order chi connectivity index (χ1) is 11.5. The number of unbranched alkanes of at least 4 members (excludes halogenated alkanes) is 8. The average molecular weight is 335 g/mol. The van der Waals surface area contributed by atoms with Gasteiger partial charge in [0.2, 0.25) is 0 Å². The van der Waals surface area contributed by atoms with Gasteiger partial charge >= 0.3 is 5.97 Å². The van der Waals surface area contributed by atoms with Gasteiger partial charge in [-0.05, 0) is 42.1 Å². The summed E-state index contributed by atoms with van der Waals surface area (Å²) >= 11 is 0. The highest BCUT2D eigenvalue weighted by Crippen LogP contribution is 2.61. The molecule has 0 N–H and O–H groups in total. The summed E-state index contributed by atoms with van der Waals surface area (Å²) in [5.74, 6) is 1.25. The third-order valence-electron chi connectivity index (χ3n) is 6.59. The molecule has 3 unspecified atom stereocenters. The van der Waals surface area contributed by atoms with Crippen LogP contribution in [0.1, 0.15) is 97.8 Å². The molecule has 3 aliphatic rings. The van der Waals surface area contributed by atoms with E-state index in [1.807, 2.05) is 0 Å². The summed E-state index contributed by atoms with van der Waals surface area (Å²) in [7, 11) is 0. The van der Waals surface area contributed by atoms with Gasteiger partial charge in [-0.2, -0.15) is 0 Å². The van der Waals surface area contributed by atoms with Gasteiger partial charge in [0, 0.05) is 6.42 Å². The van der Waals surface area contributed by atoms with E-state index in [9.17, 15) is 4.79 Å². The third kappa shape index (κ3) is 4.86. The Hall–Kier alpha value is -0.790. The van der Waals surface area contributed by atoms with E-state index in [1.54, 1.807) is 0 Å². The topological polar surface area (TPSA) is 26.3 Å². The molecule has 138 valence electrons. The minimum Gasteiger partial charge on any atom is -0.458 e. The Labute approximate surface area is 149 Å². The van der Waals surface area contributed by atoms with E-state index in [0.29, 0.717) is 23.7 Å². The molecule has 0 aromatic heterocycles. The minimum absolute atomic E-state index is 0.00663. The second kappa shape index (κ2) is 9.06. The maximum Gasteiger partial charge on any atom is 0.306 e. The van der Waals surface area contributed by atoms with E-state index < -0.39 is 0 Å². The molecule has 2 heteroatoms. The number of rotatable bonds is 11. The first kappa shape index (κ1) is 19.5. The minimum atomic E-state index is -0.0109. The van der Waals surface area contributed by atoms with Crippen LogP contribution in [0, 0.1) is 17.3 Å². The zero-order chi connectivity index (χ0) is 17.6. The molecular weight excluding hydrogens is 296 g/mol. The Morgan fingerprint density at radius 1 is 1.04 bits per heavy atom. The lowest BCUT2D eigenvalue weighted by molar-refractivity contribution is -0.156. The summed E-state index contributed by atoms with van der Waals surface area (Å²) < 4.78 is 5.73. The Morgan fingerprint density at radius 3 is 2.17 bits per heavy atom. The van der Waals surface area contributed by atoms with Gasteiger partial charge in [0.1, 0.15) is 6.10 Å². The SMILES string of the molecule is C=C1C(OC(=O)CCCCCCCCCCC)CC2CC1C2(C)C. The van der Waals surface area contributed by atoms with E-state index in [0.717, 1.165) is 19.3 Å². The molecule has 0 spiro atoms. The first-order valence-electron chi connectivity index (χ1n) is 10.3. The number of carbonyl (C=O) groups is 1. The fourth-order valence-corrected chi connectivity index (χ4v) is 4.60. The van der Waals surface area contributed by atoms with E-state index in [4.69, 9.17) is 4.74 Å². The van der Waals surface area contributed by atoms with Crippen molar-refractivity contribution in [3.63, 3.8) is 0 Å². The van der Waals surface area contributed by atoms with E-state index in [2.05, 4.69) is 27.4 Å². The Balaban J connectivity index is 1.51. The van der Waals surface area contributed by atoms with Crippen LogP contribution in [0.25, 0.3) is 0 Å². The number of carbonyl (C=O) groups excluding carboxylic acids is 1. The molecule has 0 heterocycles. The molecule has 3 aliphatic carbocycles. The van der Waals surface area contributed by atoms with Crippen LogP contribution >= 0.6 is 0 Å². The standard InChI is InChI=1S/C22H38O2/c1-5-6-7-8-9-10-11-12-13-14-21(23)24-20-16-18-15-19(17(20)2)22(18,3)4/h18-20H,2,5-16H2,1,3-4H3. The lowest BCUT2D eigenvalue weighted by Gasteiger charge is -2.59. The molecule has 0 amide bonds. The van der Waals surface area contributed by atoms with Gasteiger partial charge in [-0.3, -0.25) is 4.79 Å². The van der Waals surface area contributed by atoms with Crippen LogP contribution in [0.2, 0.25) is 0 Å². The van der Waals surface area contributed by atoms with Crippen molar-refractivity contribution in [1.29, 1.82) is 0 Å². The molecule has 3 atom stereocenters. The number of esters is 1. The summed E-state index contributed by atoms with van der Waals surface area (Å²) in [5.41, 5.74) is 1.54. The molecule has 0 radical (unpaired) electrons. The molecule has 0 aliphatic heterocycles. The summed E-state index contributed by atoms with van der Waals surface area (Å²) in [5, 5.41) is 0. The second-order valence-corrected chi connectivity index (χ2v) is 8.67. The highest BCUT2D eigenvalue weighted by Gasteiger charge is 2.55. The number of hydrogen-bond donors (Lipinski definition) is 0. The molecule has 24 heavy (non-hydrogen) atoms. The zero-order valence-corrected chi connectivity index (χ0v) is 16.2. The zero-order valence-electron chi connectivity index (χ0n) is 16.2. The third-order valence-corrected chi connectivity index (χ3v) is 6.59. The van der Waals surface area contributed by atoms with Crippen molar-refractivity contribution in [1.82, 2.24) is 0 Å². The van der Waals surface area contributed by atoms with Crippen molar-refractivity contribution in [3.8, 4) is 0 Å². The highest BCUT2D eigenvalue weighted by molar-refractivity contribution is 5.69. The molecule has 2 bridgehead atoms. The molecule has 0 aromatic carbocycles. The van der Waals surface area contributed by atoms with E-state index in [-0.39, 0.29) is 12.1 Å². The molecule has 2 nitrogen and oxygen atoms in total. The molecule has 3 rings (SSSR count). The van der Waals surface area contributed by atoms with Crippen LogP contribution in [0.3, 0.4) is 0 Å². The average Bonchev–Trinajstić information content (AvgIpc) is 2.54. The van der Waals surface area contributed by atoms with Gasteiger partial charge in [-0.25, -0.2) is 0 Å². The van der Waals surface area contributed by atoms with Gasteiger partial charge in [-0.15, -0.1) is 0 Å². The van der Waals surface area contributed by atoms with Crippen molar-refractivity contribution in [3.05, 3.63) is 12.2 Å². The molecule has 3 saturated carbocycles. The van der Waals surface area contributed by atoms with Crippen molar-refractivity contribution < 1.29 is 9.53 Å². The number of fused-ring (bicyclic) bond motifs is 2. The number of ether oxygens (including phenoxy) is 1. The Morgan fingerprint density at radius 2 is 1.62 bits per heavy atom. The van der Waals surface area contributed by atoms with Crippen molar-refractivity contribution in [2.24, 2.45) is 17.3 Å². The predicted octanol–water partition coefficient (Wildman–Crippen LogP) is 6.44. The van der Waals surface area contributed by atoms with E-state index in [1.165, 1.54) is 56.9 Å². The van der Waals surface area contributed by atoms with Crippen LogP contribution < -0.4 is 0 Å². The van der Waals surface area contributed by atoms with Crippen molar-refractivity contribution >= 4 is 5.97 Å². The first-order valence-corrected chi connectivity index (χ1v) is 10.3. The van der Waals surface area contributed by atoms with Gasteiger partial charge in [-0.1, -0.05) is 78.7 Å². The summed E-state index contributed by atoms with van der Waals surface area (Å²) in [6, 6.07) is 0. The van der Waals surface area contributed by atoms with Crippen LogP contribution in [0.4, 0.5) is 0 Å². The predicted molar refractivity (Wildman–Crippen MR) is 101 cm³/mol. The quantitative estimate of drug-likeness (QED) is 0.247. The lowest BCUT2D eigenvalue weighted by Crippen LogP contribution is -2.54. The maximum atomic E-state index is 12.1. The smallest absolute Gasteiger partial charge is 0.306 e. The number of hydrogen-bond acceptors (Lipinski definition) is 2. The Kier molecular flexibility index (Phi) is 7.37. The van der Waals surface area contributed by atoms with Gasteiger partial charge < -0.3 is 4.74 Å². The van der Waals surface area contributed by atoms with Crippen molar-refractivity contribution in [2.45, 2.75) is 104 Å². The molecule has 3 fully saturated rings. The molecule has 0 aromatic rings. The van der Waals surface area contributed by atoms with Crippen LogP contribution in [0.5, 0.6) is 0 Å². The normalized spacial score (nSPS) is 27.6. The monoisotopic (exact) mass is 334 g/mol. The van der Waals surface area contributed by atoms with Crippen LogP contribution in [0.15, 0.2) is 12.2 Å². The summed E-state index contributed by atoms with van der Waals surface area (Å²) in [6.45, 7) is 11.2. The van der Waals surface area contributed by atoms with Gasteiger partial charge in [0.25, 0.3) is 0 Å². The van der Waals surface area contributed by atoms with E-state index >= 15 is 0 Å². The van der Waals surface area contributed by atoms with Gasteiger partial charge in [0.05, 0.1) is 0 Å². The van der Waals surface area contributed by atoms with Crippen molar-refractivity contribution in [2.75, 3.05) is 0 Å². The second-order valence-electron chi connectivity index (χ2n) is 8.67. The lowest BCUT2D eigenvalue weighted by atomic mass is 9.47. The fraction of sp³-hybridized carbons (Fsp3) is 0.864. The fourth-order valence-electron chi connectivity index (χ4n) is 4.60. The summed E-state index contributed by atoms with van der Waals surface area (Å²) in [4.78, 5) is 12.1. The molecular formula is C22H38O2. The van der Waals surface area contributed by atoms with Gasteiger partial charge in [0.15, 0.2) is 0 Å². The molecule has 0 saturated heterocycles. The van der Waals surface area contributed by atoms with Crippen LogP contribution in [-0.2, 0) is 9.53 Å². The Bertz CT molecular complexity index is 424. The largest absolute Gasteiger partial charge is 0.458 e. The highest BCUT2D eigenvalue weighted by atomic mass is 16.5. The maximum absolute atomic E-state index is 12.1. The summed E-state index contributed by atoms with van der Waals surface area (Å²) in [6.07, 6.45) is 14.3.